The fraction of sp³-hybridized carbons (Fsp3) is 0.188. The number of aromatic amines is 1. The molecule has 2 heterocycles. The number of ether oxygens (including phenoxy) is 1. The summed E-state index contributed by atoms with van der Waals surface area (Å²) in [5.74, 6) is 0.668. The molecule has 1 aromatic carbocycles. The molecule has 3 rings (SSSR count). The van der Waals surface area contributed by atoms with Crippen molar-refractivity contribution in [3.8, 4) is 5.75 Å². The van der Waals surface area contributed by atoms with Crippen molar-refractivity contribution in [2.45, 2.75) is 20.1 Å². The molecule has 124 valence electrons. The van der Waals surface area contributed by atoms with E-state index in [1.807, 2.05) is 6.92 Å². The van der Waals surface area contributed by atoms with Crippen molar-refractivity contribution in [2.75, 3.05) is 0 Å². The summed E-state index contributed by atoms with van der Waals surface area (Å²) in [7, 11) is 0. The molecule has 0 radical (unpaired) electrons. The third kappa shape index (κ3) is 3.97. The Hall–Kier alpha value is -3.16. The Morgan fingerprint density at radius 2 is 2.17 bits per heavy atom. The molecule has 3 aromatic rings. The van der Waals surface area contributed by atoms with E-state index in [0.29, 0.717) is 11.6 Å². The number of rotatable bonds is 6. The number of carbonyl (C=O) groups is 1. The first-order valence-corrected chi connectivity index (χ1v) is 7.21. The second-order valence-corrected chi connectivity index (χ2v) is 5.06. The highest BCUT2D eigenvalue weighted by Gasteiger charge is 2.13. The largest absolute Gasteiger partial charge is 0.484 e. The summed E-state index contributed by atoms with van der Waals surface area (Å²) in [6.07, 6.45) is 2.94. The molecular formula is C16H15FN4O3. The van der Waals surface area contributed by atoms with Crippen LogP contribution in [0.15, 0.2) is 41.1 Å². The molecule has 0 fully saturated rings. The monoisotopic (exact) mass is 330 g/mol. The molecule has 7 nitrogen and oxygen atoms in total. The zero-order valence-electron chi connectivity index (χ0n) is 12.9. The standard InChI is InChI=1S/C16H15FN4O3/c1-10-6-18-14(20-10)7-19-16(22)13-8-24-15(21-13)9-23-12-4-2-11(17)3-5-12/h2-6,8H,7,9H2,1H3,(H,18,20)(H,19,22). The van der Waals surface area contributed by atoms with Crippen molar-refractivity contribution >= 4 is 5.91 Å². The Kier molecular flexibility index (Phi) is 4.55. The van der Waals surface area contributed by atoms with Gasteiger partial charge >= 0.3 is 0 Å². The van der Waals surface area contributed by atoms with E-state index in [-0.39, 0.29) is 36.5 Å². The van der Waals surface area contributed by atoms with Crippen LogP contribution in [-0.2, 0) is 13.2 Å². The minimum absolute atomic E-state index is 0.0380. The number of aryl methyl sites for hydroxylation is 1. The third-order valence-corrected chi connectivity index (χ3v) is 3.13. The lowest BCUT2D eigenvalue weighted by molar-refractivity contribution is 0.0945. The average Bonchev–Trinajstić information content (AvgIpc) is 3.21. The molecule has 0 spiro atoms. The molecule has 0 aliphatic carbocycles. The number of halogens is 1. The van der Waals surface area contributed by atoms with Crippen molar-refractivity contribution in [3.63, 3.8) is 0 Å². The fourth-order valence-electron chi connectivity index (χ4n) is 1.97. The van der Waals surface area contributed by atoms with Crippen LogP contribution in [0.25, 0.3) is 0 Å². The molecule has 0 bridgehead atoms. The lowest BCUT2D eigenvalue weighted by atomic mass is 10.3. The van der Waals surface area contributed by atoms with Gasteiger partial charge in [-0.25, -0.2) is 14.4 Å². The van der Waals surface area contributed by atoms with Crippen molar-refractivity contribution in [3.05, 3.63) is 65.6 Å². The number of hydrogen-bond acceptors (Lipinski definition) is 5. The number of H-pyrrole nitrogens is 1. The maximum atomic E-state index is 12.8. The van der Waals surface area contributed by atoms with Crippen LogP contribution in [0.4, 0.5) is 4.39 Å². The van der Waals surface area contributed by atoms with Crippen molar-refractivity contribution in [1.29, 1.82) is 0 Å². The van der Waals surface area contributed by atoms with Gasteiger partial charge < -0.3 is 19.5 Å². The maximum absolute atomic E-state index is 12.8. The Morgan fingerprint density at radius 1 is 1.38 bits per heavy atom. The van der Waals surface area contributed by atoms with E-state index < -0.39 is 0 Å². The van der Waals surface area contributed by atoms with Crippen LogP contribution >= 0.6 is 0 Å². The second-order valence-electron chi connectivity index (χ2n) is 5.06. The molecule has 24 heavy (non-hydrogen) atoms. The molecule has 0 saturated carbocycles. The first-order chi connectivity index (χ1) is 11.6. The summed E-state index contributed by atoms with van der Waals surface area (Å²) in [6.45, 7) is 2.18. The topological polar surface area (TPSA) is 93.0 Å². The van der Waals surface area contributed by atoms with E-state index in [9.17, 15) is 9.18 Å². The Labute approximate surface area is 136 Å². The minimum atomic E-state index is -0.374. The number of benzene rings is 1. The molecule has 0 saturated heterocycles. The van der Waals surface area contributed by atoms with E-state index in [1.54, 1.807) is 6.20 Å². The molecule has 2 aromatic heterocycles. The highest BCUT2D eigenvalue weighted by atomic mass is 19.1. The number of nitrogens with one attached hydrogen (secondary N) is 2. The zero-order valence-corrected chi connectivity index (χ0v) is 12.9. The van der Waals surface area contributed by atoms with Gasteiger partial charge in [0.25, 0.3) is 5.91 Å². The predicted molar refractivity (Wildman–Crippen MR) is 81.7 cm³/mol. The molecule has 0 aliphatic heterocycles. The van der Waals surface area contributed by atoms with Gasteiger partial charge in [-0.1, -0.05) is 0 Å². The van der Waals surface area contributed by atoms with Gasteiger partial charge in [-0.05, 0) is 31.2 Å². The molecular weight excluding hydrogens is 315 g/mol. The number of carbonyl (C=O) groups excluding carboxylic acids is 1. The summed E-state index contributed by atoms with van der Waals surface area (Å²) in [5.41, 5.74) is 1.07. The summed E-state index contributed by atoms with van der Waals surface area (Å²) >= 11 is 0. The van der Waals surface area contributed by atoms with Gasteiger partial charge in [0.2, 0.25) is 5.89 Å². The summed E-state index contributed by atoms with van der Waals surface area (Å²) < 4.78 is 23.4. The van der Waals surface area contributed by atoms with Gasteiger partial charge in [-0.3, -0.25) is 4.79 Å². The van der Waals surface area contributed by atoms with Gasteiger partial charge in [-0.2, -0.15) is 0 Å². The number of oxazole rings is 1. The number of imidazole rings is 1. The summed E-state index contributed by atoms with van der Waals surface area (Å²) in [4.78, 5) is 23.2. The van der Waals surface area contributed by atoms with Gasteiger partial charge in [0.05, 0.1) is 6.54 Å². The first kappa shape index (κ1) is 15.7. The van der Waals surface area contributed by atoms with Crippen LogP contribution < -0.4 is 10.1 Å². The zero-order chi connectivity index (χ0) is 16.9. The van der Waals surface area contributed by atoms with Gasteiger partial charge in [0.15, 0.2) is 12.3 Å². The highest BCUT2D eigenvalue weighted by molar-refractivity contribution is 5.91. The van der Waals surface area contributed by atoms with Crippen molar-refractivity contribution in [1.82, 2.24) is 20.3 Å². The average molecular weight is 330 g/mol. The molecule has 0 aliphatic rings. The highest BCUT2D eigenvalue weighted by Crippen LogP contribution is 2.13. The van der Waals surface area contributed by atoms with Gasteiger partial charge in [-0.15, -0.1) is 0 Å². The SMILES string of the molecule is Cc1cnc(CNC(=O)c2coc(COc3ccc(F)cc3)n2)[nH]1. The van der Waals surface area contributed by atoms with Crippen molar-refractivity contribution in [2.24, 2.45) is 0 Å². The molecule has 0 atom stereocenters. The van der Waals surface area contributed by atoms with E-state index in [2.05, 4.69) is 20.3 Å². The van der Waals surface area contributed by atoms with Gasteiger partial charge in [0, 0.05) is 11.9 Å². The number of hydrogen-bond donors (Lipinski definition) is 2. The Balaban J connectivity index is 1.52. The lowest BCUT2D eigenvalue weighted by Crippen LogP contribution is -2.23. The first-order valence-electron chi connectivity index (χ1n) is 7.21. The minimum Gasteiger partial charge on any atom is -0.484 e. The van der Waals surface area contributed by atoms with Crippen LogP contribution in [-0.4, -0.2) is 20.9 Å². The van der Waals surface area contributed by atoms with E-state index in [4.69, 9.17) is 9.15 Å². The number of aromatic nitrogens is 3. The fourth-order valence-corrected chi connectivity index (χ4v) is 1.97. The van der Waals surface area contributed by atoms with Gasteiger partial charge in [0.1, 0.15) is 23.7 Å². The second kappa shape index (κ2) is 6.95. The van der Waals surface area contributed by atoms with Crippen molar-refractivity contribution < 1.29 is 18.3 Å². The van der Waals surface area contributed by atoms with E-state index in [0.717, 1.165) is 5.69 Å². The predicted octanol–water partition coefficient (Wildman–Crippen LogP) is 2.35. The quantitative estimate of drug-likeness (QED) is 0.724. The number of nitrogens with zero attached hydrogens (tertiary/aromatic N) is 2. The number of amides is 1. The molecule has 1 amide bonds. The van der Waals surface area contributed by atoms with Crippen LogP contribution in [0, 0.1) is 12.7 Å². The summed E-state index contributed by atoms with van der Waals surface area (Å²) in [5, 5.41) is 2.68. The lowest BCUT2D eigenvalue weighted by Gasteiger charge is -2.02. The molecule has 2 N–H and O–H groups in total. The molecule has 8 heteroatoms. The van der Waals surface area contributed by atoms with E-state index in [1.165, 1.54) is 30.5 Å². The normalized spacial score (nSPS) is 10.6. The van der Waals surface area contributed by atoms with Crippen LogP contribution in [0.3, 0.4) is 0 Å². The summed E-state index contributed by atoms with van der Waals surface area (Å²) in [6, 6.07) is 5.58. The smallest absolute Gasteiger partial charge is 0.273 e. The molecule has 0 unspecified atom stereocenters. The van der Waals surface area contributed by atoms with Crippen LogP contribution in [0.2, 0.25) is 0 Å². The van der Waals surface area contributed by atoms with Crippen LogP contribution in [0.5, 0.6) is 5.75 Å². The maximum Gasteiger partial charge on any atom is 0.273 e. The van der Waals surface area contributed by atoms with E-state index >= 15 is 0 Å². The van der Waals surface area contributed by atoms with Crippen LogP contribution in [0.1, 0.15) is 27.9 Å². The Morgan fingerprint density at radius 3 is 2.88 bits per heavy atom. The Bertz CT molecular complexity index is 826. The third-order valence-electron chi connectivity index (χ3n) is 3.13.